The quantitative estimate of drug-likeness (QED) is 0.826. The molecule has 0 unspecified atom stereocenters. The Labute approximate surface area is 122 Å². The Balaban J connectivity index is 1.87. The summed E-state index contributed by atoms with van der Waals surface area (Å²) < 4.78 is 11.2. The maximum Gasteiger partial charge on any atom is 0.292 e. The molecule has 20 heavy (non-hydrogen) atoms. The first-order chi connectivity index (χ1) is 9.53. The number of benzene rings is 1. The molecule has 5 heteroatoms. The molecule has 2 aromatic rings. The third kappa shape index (κ3) is 2.70. The van der Waals surface area contributed by atoms with Crippen molar-refractivity contribution >= 4 is 17.4 Å². The van der Waals surface area contributed by atoms with Gasteiger partial charge in [0.15, 0.2) is 5.76 Å². The molecule has 0 aliphatic carbocycles. The molecule has 0 fully saturated rings. The fourth-order valence-corrected chi connectivity index (χ4v) is 2.24. The van der Waals surface area contributed by atoms with Crippen molar-refractivity contribution in [3.05, 3.63) is 41.3 Å². The van der Waals surface area contributed by atoms with E-state index in [1.165, 1.54) is 0 Å². The molecule has 0 atom stereocenters. The predicted octanol–water partition coefficient (Wildman–Crippen LogP) is 4.32. The topological polar surface area (TPSA) is 48.2 Å². The lowest BCUT2D eigenvalue weighted by molar-refractivity contribution is 0.0547. The van der Waals surface area contributed by atoms with Gasteiger partial charge in [-0.3, -0.25) is 0 Å². The van der Waals surface area contributed by atoms with Crippen LogP contribution < -0.4 is 0 Å². The van der Waals surface area contributed by atoms with Crippen LogP contribution >= 0.6 is 11.6 Å². The second-order valence-electron chi connectivity index (χ2n) is 5.40. The van der Waals surface area contributed by atoms with E-state index >= 15 is 0 Å². The number of halogens is 1. The van der Waals surface area contributed by atoms with Crippen molar-refractivity contribution in [2.24, 2.45) is 0 Å². The summed E-state index contributed by atoms with van der Waals surface area (Å²) in [5.74, 6) is 1.61. The SMILES string of the molecule is CC1(C)CCC=C(c2nc(-c3ccc(Cl)cc3)no2)O1. The Kier molecular flexibility index (Phi) is 3.26. The summed E-state index contributed by atoms with van der Waals surface area (Å²) in [7, 11) is 0. The van der Waals surface area contributed by atoms with Gasteiger partial charge in [-0.15, -0.1) is 0 Å². The standard InChI is InChI=1S/C15H15ClN2O2/c1-15(2)9-3-4-12(19-15)14-17-13(18-20-14)10-5-7-11(16)8-6-10/h4-8H,3,9H2,1-2H3. The Bertz CT molecular complexity index is 644. The summed E-state index contributed by atoms with van der Waals surface area (Å²) >= 11 is 5.86. The van der Waals surface area contributed by atoms with E-state index in [1.54, 1.807) is 12.1 Å². The maximum absolute atomic E-state index is 5.87. The van der Waals surface area contributed by atoms with Gasteiger partial charge in [0.05, 0.1) is 0 Å². The Morgan fingerprint density at radius 2 is 1.95 bits per heavy atom. The molecule has 0 saturated heterocycles. The number of aromatic nitrogens is 2. The highest BCUT2D eigenvalue weighted by molar-refractivity contribution is 6.30. The van der Waals surface area contributed by atoms with E-state index in [1.807, 2.05) is 18.2 Å². The summed E-state index contributed by atoms with van der Waals surface area (Å²) in [6, 6.07) is 7.31. The first-order valence-electron chi connectivity index (χ1n) is 6.53. The second-order valence-corrected chi connectivity index (χ2v) is 5.84. The Morgan fingerprint density at radius 3 is 2.65 bits per heavy atom. The van der Waals surface area contributed by atoms with Gasteiger partial charge >= 0.3 is 0 Å². The van der Waals surface area contributed by atoms with Crippen LogP contribution in [0.2, 0.25) is 5.02 Å². The molecule has 0 radical (unpaired) electrons. The largest absolute Gasteiger partial charge is 0.482 e. The van der Waals surface area contributed by atoms with Gasteiger partial charge in [0.25, 0.3) is 5.89 Å². The van der Waals surface area contributed by atoms with Crippen LogP contribution in [0.4, 0.5) is 0 Å². The fourth-order valence-electron chi connectivity index (χ4n) is 2.11. The zero-order chi connectivity index (χ0) is 14.2. The minimum atomic E-state index is -0.195. The smallest absolute Gasteiger partial charge is 0.292 e. The van der Waals surface area contributed by atoms with Crippen molar-refractivity contribution < 1.29 is 9.26 Å². The molecule has 3 rings (SSSR count). The van der Waals surface area contributed by atoms with E-state index in [0.29, 0.717) is 22.5 Å². The molecule has 1 aromatic heterocycles. The van der Waals surface area contributed by atoms with Crippen LogP contribution in [0.25, 0.3) is 17.1 Å². The summed E-state index contributed by atoms with van der Waals surface area (Å²) in [5, 5.41) is 4.67. The molecular weight excluding hydrogens is 276 g/mol. The third-order valence-corrected chi connectivity index (χ3v) is 3.45. The van der Waals surface area contributed by atoms with Crippen molar-refractivity contribution in [3.8, 4) is 11.4 Å². The number of allylic oxidation sites excluding steroid dienone is 1. The van der Waals surface area contributed by atoms with Gasteiger partial charge in [-0.1, -0.05) is 16.8 Å². The lowest BCUT2D eigenvalue weighted by Gasteiger charge is -2.29. The molecule has 1 aliphatic heterocycles. The molecule has 0 bridgehead atoms. The summed E-state index contributed by atoms with van der Waals surface area (Å²) in [6.45, 7) is 4.10. The summed E-state index contributed by atoms with van der Waals surface area (Å²) in [5.41, 5.74) is 0.666. The lowest BCUT2D eigenvalue weighted by atomic mass is 9.99. The van der Waals surface area contributed by atoms with E-state index in [-0.39, 0.29) is 5.60 Å². The average Bonchev–Trinajstić information content (AvgIpc) is 2.88. The number of hydrogen-bond donors (Lipinski definition) is 0. The van der Waals surface area contributed by atoms with Gasteiger partial charge in [0, 0.05) is 10.6 Å². The normalized spacial score (nSPS) is 17.4. The van der Waals surface area contributed by atoms with Gasteiger partial charge in [-0.25, -0.2) is 0 Å². The van der Waals surface area contributed by atoms with Crippen LogP contribution in [0, 0.1) is 0 Å². The van der Waals surface area contributed by atoms with Crippen LogP contribution in [0.5, 0.6) is 0 Å². The third-order valence-electron chi connectivity index (χ3n) is 3.20. The van der Waals surface area contributed by atoms with Crippen molar-refractivity contribution in [2.45, 2.75) is 32.3 Å². The molecule has 4 nitrogen and oxygen atoms in total. The lowest BCUT2D eigenvalue weighted by Crippen LogP contribution is -2.26. The molecule has 2 heterocycles. The van der Waals surface area contributed by atoms with E-state index in [9.17, 15) is 0 Å². The van der Waals surface area contributed by atoms with E-state index < -0.39 is 0 Å². The number of hydrogen-bond acceptors (Lipinski definition) is 4. The zero-order valence-corrected chi connectivity index (χ0v) is 12.1. The molecule has 0 saturated carbocycles. The summed E-state index contributed by atoms with van der Waals surface area (Å²) in [6.07, 6.45) is 3.92. The first kappa shape index (κ1) is 13.2. The van der Waals surface area contributed by atoms with Gasteiger partial charge < -0.3 is 9.26 Å². The first-order valence-corrected chi connectivity index (χ1v) is 6.90. The molecule has 0 spiro atoms. The summed E-state index contributed by atoms with van der Waals surface area (Å²) in [4.78, 5) is 4.39. The van der Waals surface area contributed by atoms with Crippen LogP contribution in [0.3, 0.4) is 0 Å². The van der Waals surface area contributed by atoms with E-state index in [0.717, 1.165) is 18.4 Å². The molecule has 104 valence electrons. The van der Waals surface area contributed by atoms with Crippen molar-refractivity contribution in [3.63, 3.8) is 0 Å². The second kappa shape index (κ2) is 4.94. The van der Waals surface area contributed by atoms with E-state index in [4.69, 9.17) is 20.9 Å². The van der Waals surface area contributed by atoms with Crippen LogP contribution in [0.15, 0.2) is 34.9 Å². The van der Waals surface area contributed by atoms with Gasteiger partial charge in [0.1, 0.15) is 5.60 Å². The minimum Gasteiger partial charge on any atom is -0.482 e. The monoisotopic (exact) mass is 290 g/mol. The highest BCUT2D eigenvalue weighted by atomic mass is 35.5. The molecule has 0 N–H and O–H groups in total. The average molecular weight is 291 g/mol. The maximum atomic E-state index is 5.87. The fraction of sp³-hybridized carbons (Fsp3) is 0.333. The van der Waals surface area contributed by atoms with E-state index in [2.05, 4.69) is 24.0 Å². The molecule has 1 aromatic carbocycles. The highest BCUT2D eigenvalue weighted by Gasteiger charge is 2.27. The zero-order valence-electron chi connectivity index (χ0n) is 11.4. The van der Waals surface area contributed by atoms with Gasteiger partial charge in [-0.2, -0.15) is 4.98 Å². The number of nitrogens with zero attached hydrogens (tertiary/aromatic N) is 2. The Hall–Kier alpha value is -1.81. The van der Waals surface area contributed by atoms with Crippen LogP contribution in [0.1, 0.15) is 32.6 Å². The predicted molar refractivity (Wildman–Crippen MR) is 77.1 cm³/mol. The van der Waals surface area contributed by atoms with Crippen molar-refractivity contribution in [2.75, 3.05) is 0 Å². The van der Waals surface area contributed by atoms with Crippen molar-refractivity contribution in [1.82, 2.24) is 10.1 Å². The highest BCUT2D eigenvalue weighted by Crippen LogP contribution is 2.32. The molecule has 1 aliphatic rings. The number of ether oxygens (including phenoxy) is 1. The van der Waals surface area contributed by atoms with Gasteiger partial charge in [-0.05, 0) is 57.0 Å². The number of rotatable bonds is 2. The van der Waals surface area contributed by atoms with Crippen LogP contribution in [-0.4, -0.2) is 15.7 Å². The van der Waals surface area contributed by atoms with Crippen LogP contribution in [-0.2, 0) is 4.74 Å². The molecular formula is C15H15ClN2O2. The van der Waals surface area contributed by atoms with Crippen molar-refractivity contribution in [1.29, 1.82) is 0 Å². The Morgan fingerprint density at radius 1 is 1.20 bits per heavy atom. The molecule has 0 amide bonds. The van der Waals surface area contributed by atoms with Gasteiger partial charge in [0.2, 0.25) is 5.82 Å². The minimum absolute atomic E-state index is 0.195.